The predicted octanol–water partition coefficient (Wildman–Crippen LogP) is 12.4. The van der Waals surface area contributed by atoms with E-state index < -0.39 is 0 Å². The second-order valence-corrected chi connectivity index (χ2v) is 12.8. The molecule has 4 nitrogen and oxygen atoms in total. The fourth-order valence-electron chi connectivity index (χ4n) is 7.22. The van der Waals surface area contributed by atoms with E-state index in [2.05, 4.69) is 115 Å². The zero-order valence-corrected chi connectivity index (χ0v) is 27.5. The third kappa shape index (κ3) is 5.04. The summed E-state index contributed by atoms with van der Waals surface area (Å²) in [4.78, 5) is 14.7. The van der Waals surface area contributed by atoms with Crippen LogP contribution in [0.15, 0.2) is 180 Å². The van der Waals surface area contributed by atoms with E-state index >= 15 is 0 Å². The van der Waals surface area contributed by atoms with Gasteiger partial charge in [-0.1, -0.05) is 158 Å². The number of nitrogens with zero attached hydrogens (tertiary/aromatic N) is 3. The fourth-order valence-corrected chi connectivity index (χ4v) is 7.22. The lowest BCUT2D eigenvalue weighted by atomic mass is 9.93. The van der Waals surface area contributed by atoms with Gasteiger partial charge in [0.05, 0.1) is 0 Å². The van der Waals surface area contributed by atoms with Gasteiger partial charge in [0.15, 0.2) is 17.5 Å². The molecule has 0 spiro atoms. The van der Waals surface area contributed by atoms with Gasteiger partial charge in [0, 0.05) is 32.8 Å². The van der Waals surface area contributed by atoms with E-state index in [4.69, 9.17) is 19.4 Å². The van der Waals surface area contributed by atoms with Gasteiger partial charge in [-0.05, 0) is 56.6 Å². The van der Waals surface area contributed by atoms with Crippen molar-refractivity contribution in [3.05, 3.63) is 176 Å². The Morgan fingerprint density at radius 2 is 0.843 bits per heavy atom. The van der Waals surface area contributed by atoms with Crippen LogP contribution in [0.2, 0.25) is 0 Å². The van der Waals surface area contributed by atoms with Crippen LogP contribution in [0.4, 0.5) is 0 Å². The van der Waals surface area contributed by atoms with E-state index in [0.29, 0.717) is 17.5 Å². The van der Waals surface area contributed by atoms with E-state index in [9.17, 15) is 0 Å². The summed E-state index contributed by atoms with van der Waals surface area (Å²) in [5, 5.41) is 6.91. The van der Waals surface area contributed by atoms with Gasteiger partial charge in [0.2, 0.25) is 0 Å². The molecule has 0 aliphatic rings. The molecule has 10 rings (SSSR count). The normalized spacial score (nSPS) is 11.5. The lowest BCUT2D eigenvalue weighted by molar-refractivity contribution is 0.673. The minimum atomic E-state index is 0.636. The molecular weight excluding hydrogens is 623 g/mol. The van der Waals surface area contributed by atoms with Gasteiger partial charge in [-0.2, -0.15) is 0 Å². The summed E-state index contributed by atoms with van der Waals surface area (Å²) in [5.74, 6) is 1.93. The lowest BCUT2D eigenvalue weighted by Gasteiger charge is -2.11. The molecule has 0 atom stereocenters. The molecule has 4 heteroatoms. The quantitative estimate of drug-likeness (QED) is 0.186. The Morgan fingerprint density at radius 1 is 0.314 bits per heavy atom. The molecule has 0 fully saturated rings. The Kier molecular flexibility index (Phi) is 6.78. The number of rotatable bonds is 5. The van der Waals surface area contributed by atoms with Crippen molar-refractivity contribution in [1.29, 1.82) is 0 Å². The first-order valence-corrected chi connectivity index (χ1v) is 17.1. The van der Waals surface area contributed by atoms with Crippen molar-refractivity contribution in [3.63, 3.8) is 0 Å². The Bertz CT molecular complexity index is 2830. The summed E-state index contributed by atoms with van der Waals surface area (Å²) in [6, 6.07) is 61.1. The second kappa shape index (κ2) is 11.9. The largest absolute Gasteiger partial charge is 0.455 e. The van der Waals surface area contributed by atoms with Crippen molar-refractivity contribution in [2.45, 2.75) is 0 Å². The van der Waals surface area contributed by atoms with E-state index in [0.717, 1.165) is 60.5 Å². The zero-order valence-electron chi connectivity index (χ0n) is 27.5. The molecule has 0 unspecified atom stereocenters. The molecular formula is C47H29N3O. The summed E-state index contributed by atoms with van der Waals surface area (Å²) >= 11 is 0. The Morgan fingerprint density at radius 3 is 1.53 bits per heavy atom. The molecule has 0 N–H and O–H groups in total. The molecule has 2 heterocycles. The SMILES string of the molecule is c1ccc(-c2nc(-c3ccccc3)nc(-c3ccc(-c4cc5c6cc(-c7cccc8ccccc78)ccc6oc5c5ccccc45)cc3)n2)cc1. The van der Waals surface area contributed by atoms with Gasteiger partial charge in [-0.25, -0.2) is 15.0 Å². The smallest absolute Gasteiger partial charge is 0.164 e. The molecule has 0 aliphatic carbocycles. The van der Waals surface area contributed by atoms with Crippen molar-refractivity contribution in [2.24, 2.45) is 0 Å². The molecule has 51 heavy (non-hydrogen) atoms. The fraction of sp³-hybridized carbons (Fsp3) is 0. The Labute approximate surface area is 294 Å². The molecule has 0 bridgehead atoms. The predicted molar refractivity (Wildman–Crippen MR) is 209 cm³/mol. The van der Waals surface area contributed by atoms with Crippen LogP contribution < -0.4 is 0 Å². The maximum Gasteiger partial charge on any atom is 0.164 e. The van der Waals surface area contributed by atoms with Gasteiger partial charge in [-0.15, -0.1) is 0 Å². The summed E-state index contributed by atoms with van der Waals surface area (Å²) in [5.41, 5.74) is 9.25. The summed E-state index contributed by atoms with van der Waals surface area (Å²) in [7, 11) is 0. The second-order valence-electron chi connectivity index (χ2n) is 12.8. The highest BCUT2D eigenvalue weighted by Crippen LogP contribution is 2.42. The molecule has 0 saturated heterocycles. The highest BCUT2D eigenvalue weighted by atomic mass is 16.3. The summed E-state index contributed by atoms with van der Waals surface area (Å²) in [6.45, 7) is 0. The minimum absolute atomic E-state index is 0.636. The van der Waals surface area contributed by atoms with Gasteiger partial charge < -0.3 is 4.42 Å². The number of furan rings is 1. The van der Waals surface area contributed by atoms with Crippen molar-refractivity contribution < 1.29 is 4.42 Å². The molecule has 0 aliphatic heterocycles. The van der Waals surface area contributed by atoms with E-state index in [1.165, 1.54) is 21.9 Å². The first kappa shape index (κ1) is 29.0. The van der Waals surface area contributed by atoms with E-state index in [-0.39, 0.29) is 0 Å². The Hall–Kier alpha value is -6.91. The third-order valence-electron chi connectivity index (χ3n) is 9.73. The molecule has 10 aromatic rings. The van der Waals surface area contributed by atoms with Crippen molar-refractivity contribution in [1.82, 2.24) is 15.0 Å². The number of hydrogen-bond acceptors (Lipinski definition) is 4. The number of aromatic nitrogens is 3. The lowest BCUT2D eigenvalue weighted by Crippen LogP contribution is -2.00. The van der Waals surface area contributed by atoms with Crippen LogP contribution in [0.3, 0.4) is 0 Å². The molecule has 0 amide bonds. The molecule has 8 aromatic carbocycles. The first-order chi connectivity index (χ1) is 25.3. The van der Waals surface area contributed by atoms with Crippen molar-refractivity contribution in [3.8, 4) is 56.4 Å². The van der Waals surface area contributed by atoms with Crippen LogP contribution in [0, 0.1) is 0 Å². The molecule has 238 valence electrons. The molecule has 2 aromatic heterocycles. The molecule has 0 saturated carbocycles. The highest BCUT2D eigenvalue weighted by Gasteiger charge is 2.17. The first-order valence-electron chi connectivity index (χ1n) is 17.1. The van der Waals surface area contributed by atoms with Gasteiger partial charge in [-0.3, -0.25) is 0 Å². The van der Waals surface area contributed by atoms with Crippen LogP contribution >= 0.6 is 0 Å². The van der Waals surface area contributed by atoms with Crippen LogP contribution in [0.5, 0.6) is 0 Å². The van der Waals surface area contributed by atoms with Crippen molar-refractivity contribution >= 4 is 43.5 Å². The zero-order chi connectivity index (χ0) is 33.7. The summed E-state index contributed by atoms with van der Waals surface area (Å²) < 4.78 is 6.58. The van der Waals surface area contributed by atoms with Gasteiger partial charge in [0.25, 0.3) is 0 Å². The number of benzene rings is 8. The van der Waals surface area contributed by atoms with Crippen LogP contribution in [0.1, 0.15) is 0 Å². The van der Waals surface area contributed by atoms with Crippen molar-refractivity contribution in [2.75, 3.05) is 0 Å². The average Bonchev–Trinajstić information content (AvgIpc) is 3.59. The van der Waals surface area contributed by atoms with Crippen LogP contribution in [0.25, 0.3) is 99.9 Å². The van der Waals surface area contributed by atoms with Crippen LogP contribution in [-0.4, -0.2) is 15.0 Å². The number of fused-ring (bicyclic) bond motifs is 6. The van der Waals surface area contributed by atoms with Gasteiger partial charge >= 0.3 is 0 Å². The number of hydrogen-bond donors (Lipinski definition) is 0. The van der Waals surface area contributed by atoms with Gasteiger partial charge in [0.1, 0.15) is 11.2 Å². The van der Waals surface area contributed by atoms with E-state index in [1.54, 1.807) is 0 Å². The Balaban J connectivity index is 1.11. The molecule has 0 radical (unpaired) electrons. The van der Waals surface area contributed by atoms with Crippen LogP contribution in [-0.2, 0) is 0 Å². The monoisotopic (exact) mass is 651 g/mol. The topological polar surface area (TPSA) is 51.8 Å². The standard InChI is InChI=1S/C47H29N3O/c1-3-13-32(14-4-1)45-48-46(33-15-5-2-6-16-33)50-47(49-45)34-24-22-31(23-25-34)40-29-42-41-28-35(37-21-11-17-30-12-7-8-18-36(30)37)26-27-43(41)51-44(42)39-20-10-9-19-38(39)40/h1-29H. The maximum absolute atomic E-state index is 6.58. The third-order valence-corrected chi connectivity index (χ3v) is 9.73. The maximum atomic E-state index is 6.58. The average molecular weight is 652 g/mol. The minimum Gasteiger partial charge on any atom is -0.455 e. The van der Waals surface area contributed by atoms with E-state index in [1.807, 2.05) is 60.7 Å². The summed E-state index contributed by atoms with van der Waals surface area (Å²) in [6.07, 6.45) is 0. The highest BCUT2D eigenvalue weighted by molar-refractivity contribution is 6.19.